The number of amides is 1. The molecule has 156 valence electrons. The predicted octanol–water partition coefficient (Wildman–Crippen LogP) is 5.28. The van der Waals surface area contributed by atoms with Crippen molar-refractivity contribution in [1.29, 1.82) is 0 Å². The molecule has 5 nitrogen and oxygen atoms in total. The second kappa shape index (κ2) is 8.28. The molecule has 1 amide bonds. The number of nitrogens with zero attached hydrogens (tertiary/aromatic N) is 1. The Kier molecular flexibility index (Phi) is 5.53. The Morgan fingerprint density at radius 3 is 2.29 bits per heavy atom. The number of methoxy groups -OCH3 is 1. The van der Waals surface area contributed by atoms with Crippen LogP contribution in [0.25, 0.3) is 5.76 Å². The first-order chi connectivity index (χ1) is 14.9. The molecule has 3 aromatic rings. The van der Waals surface area contributed by atoms with Crippen molar-refractivity contribution in [2.75, 3.05) is 12.0 Å². The van der Waals surface area contributed by atoms with Crippen LogP contribution in [0, 0.1) is 6.92 Å². The normalized spacial score (nSPS) is 17.8. The van der Waals surface area contributed by atoms with Gasteiger partial charge in [-0.2, -0.15) is 0 Å². The zero-order chi connectivity index (χ0) is 22.1. The summed E-state index contributed by atoms with van der Waals surface area (Å²) >= 11 is 6.30. The summed E-state index contributed by atoms with van der Waals surface area (Å²) in [5.74, 6) is -1.06. The van der Waals surface area contributed by atoms with Gasteiger partial charge in [0.15, 0.2) is 0 Å². The lowest BCUT2D eigenvalue weighted by atomic mass is 9.95. The van der Waals surface area contributed by atoms with Crippen LogP contribution in [0.1, 0.15) is 22.7 Å². The summed E-state index contributed by atoms with van der Waals surface area (Å²) in [4.78, 5) is 27.6. The number of hydrogen-bond acceptors (Lipinski definition) is 4. The van der Waals surface area contributed by atoms with E-state index in [0.717, 1.165) is 5.56 Å². The van der Waals surface area contributed by atoms with E-state index in [4.69, 9.17) is 16.3 Å². The fraction of sp³-hybridized carbons (Fsp3) is 0.120. The van der Waals surface area contributed by atoms with Crippen molar-refractivity contribution in [3.05, 3.63) is 100 Å². The Hall–Kier alpha value is -3.57. The molecule has 0 radical (unpaired) electrons. The molecule has 0 aromatic heterocycles. The molecule has 4 rings (SSSR count). The van der Waals surface area contributed by atoms with E-state index in [1.807, 2.05) is 13.0 Å². The van der Waals surface area contributed by atoms with E-state index in [-0.39, 0.29) is 11.3 Å². The van der Waals surface area contributed by atoms with Crippen molar-refractivity contribution < 1.29 is 19.4 Å². The minimum absolute atomic E-state index is 0.0260. The maximum atomic E-state index is 13.1. The van der Waals surface area contributed by atoms with Gasteiger partial charge in [-0.25, -0.2) is 0 Å². The molecular weight excluding hydrogens is 414 g/mol. The first-order valence-corrected chi connectivity index (χ1v) is 10.1. The van der Waals surface area contributed by atoms with Gasteiger partial charge in [-0.1, -0.05) is 60.1 Å². The average Bonchev–Trinajstić information content (AvgIpc) is 3.06. The zero-order valence-electron chi connectivity index (χ0n) is 17.0. The van der Waals surface area contributed by atoms with Crippen LogP contribution in [0.2, 0.25) is 5.02 Å². The standard InChI is InChI=1S/C25H20ClNO4/c1-15-8-11-18(14-20(15)26)27-22(16-9-12-19(31-2)13-10-16)21(24(29)25(27)30)23(28)17-6-4-3-5-7-17/h3-14,22,28H,1-2H3. The van der Waals surface area contributed by atoms with Crippen LogP contribution in [0.15, 0.2) is 78.4 Å². The maximum Gasteiger partial charge on any atom is 0.300 e. The number of aryl methyl sites for hydroxylation is 1. The third kappa shape index (κ3) is 3.68. The maximum absolute atomic E-state index is 13.1. The van der Waals surface area contributed by atoms with Crippen LogP contribution in [0.3, 0.4) is 0 Å². The van der Waals surface area contributed by atoms with E-state index in [1.54, 1.807) is 73.8 Å². The smallest absolute Gasteiger partial charge is 0.300 e. The highest BCUT2D eigenvalue weighted by Crippen LogP contribution is 2.43. The minimum atomic E-state index is -0.815. The number of ketones is 1. The van der Waals surface area contributed by atoms with Gasteiger partial charge in [0.1, 0.15) is 11.5 Å². The summed E-state index contributed by atoms with van der Waals surface area (Å²) < 4.78 is 5.23. The molecule has 0 saturated carbocycles. The number of Topliss-reactive ketones (excluding diaryl/α,β-unsaturated/α-hetero) is 1. The number of hydrogen-bond donors (Lipinski definition) is 1. The molecule has 31 heavy (non-hydrogen) atoms. The highest BCUT2D eigenvalue weighted by Gasteiger charge is 2.47. The summed E-state index contributed by atoms with van der Waals surface area (Å²) in [6.07, 6.45) is 0. The Balaban J connectivity index is 1.94. The summed E-state index contributed by atoms with van der Waals surface area (Å²) in [6, 6.07) is 20.1. The van der Waals surface area contributed by atoms with E-state index in [1.165, 1.54) is 4.90 Å². The number of aliphatic hydroxyl groups excluding tert-OH is 1. The highest BCUT2D eigenvalue weighted by atomic mass is 35.5. The largest absolute Gasteiger partial charge is 0.507 e. The van der Waals surface area contributed by atoms with Crippen molar-refractivity contribution >= 4 is 34.7 Å². The third-order valence-electron chi connectivity index (χ3n) is 5.36. The van der Waals surface area contributed by atoms with Gasteiger partial charge in [0, 0.05) is 16.3 Å². The van der Waals surface area contributed by atoms with Crippen molar-refractivity contribution in [2.45, 2.75) is 13.0 Å². The molecule has 6 heteroatoms. The topological polar surface area (TPSA) is 66.8 Å². The van der Waals surface area contributed by atoms with E-state index in [0.29, 0.717) is 27.6 Å². The molecule has 1 saturated heterocycles. The first-order valence-electron chi connectivity index (χ1n) is 9.69. The fourth-order valence-electron chi connectivity index (χ4n) is 3.68. The molecule has 1 N–H and O–H groups in total. The molecule has 0 aliphatic carbocycles. The molecule has 1 aliphatic rings. The van der Waals surface area contributed by atoms with Crippen LogP contribution >= 0.6 is 11.6 Å². The number of ether oxygens (including phenoxy) is 1. The summed E-state index contributed by atoms with van der Waals surface area (Å²) in [5.41, 5.74) is 2.48. The molecule has 0 spiro atoms. The van der Waals surface area contributed by atoms with Crippen LogP contribution in [0.5, 0.6) is 5.75 Å². The molecule has 1 unspecified atom stereocenters. The van der Waals surface area contributed by atoms with Gasteiger partial charge >= 0.3 is 0 Å². The van der Waals surface area contributed by atoms with Crippen molar-refractivity contribution in [3.8, 4) is 5.75 Å². The van der Waals surface area contributed by atoms with Gasteiger partial charge in [0.2, 0.25) is 0 Å². The van der Waals surface area contributed by atoms with Crippen molar-refractivity contribution in [1.82, 2.24) is 0 Å². The predicted molar refractivity (Wildman–Crippen MR) is 120 cm³/mol. The Bertz CT molecular complexity index is 1190. The van der Waals surface area contributed by atoms with Gasteiger partial charge in [-0.3, -0.25) is 14.5 Å². The summed E-state index contributed by atoms with van der Waals surface area (Å²) in [6.45, 7) is 1.86. The van der Waals surface area contributed by atoms with E-state index < -0.39 is 17.7 Å². The Labute approximate surface area is 185 Å². The molecule has 0 bridgehead atoms. The fourth-order valence-corrected chi connectivity index (χ4v) is 3.86. The SMILES string of the molecule is COc1ccc(C2C(=C(O)c3ccccc3)C(=O)C(=O)N2c2ccc(C)c(Cl)c2)cc1. The van der Waals surface area contributed by atoms with Crippen LogP contribution < -0.4 is 9.64 Å². The Morgan fingerprint density at radius 2 is 1.68 bits per heavy atom. The average molecular weight is 434 g/mol. The minimum Gasteiger partial charge on any atom is -0.507 e. The number of aliphatic hydroxyl groups is 1. The van der Waals surface area contributed by atoms with Crippen LogP contribution in [-0.4, -0.2) is 23.9 Å². The van der Waals surface area contributed by atoms with Gasteiger partial charge in [-0.05, 0) is 42.3 Å². The quantitative estimate of drug-likeness (QED) is 0.345. The number of rotatable bonds is 4. The van der Waals surface area contributed by atoms with Crippen LogP contribution in [0.4, 0.5) is 5.69 Å². The second-order valence-corrected chi connectivity index (χ2v) is 7.65. The lowest BCUT2D eigenvalue weighted by Gasteiger charge is -2.26. The number of halogens is 1. The zero-order valence-corrected chi connectivity index (χ0v) is 17.8. The van der Waals surface area contributed by atoms with Crippen LogP contribution in [-0.2, 0) is 9.59 Å². The molecule has 1 fully saturated rings. The lowest BCUT2D eigenvalue weighted by molar-refractivity contribution is -0.132. The van der Waals surface area contributed by atoms with E-state index in [9.17, 15) is 14.7 Å². The third-order valence-corrected chi connectivity index (χ3v) is 5.76. The molecule has 3 aromatic carbocycles. The summed E-state index contributed by atoms with van der Waals surface area (Å²) in [7, 11) is 1.56. The van der Waals surface area contributed by atoms with Gasteiger partial charge in [0.25, 0.3) is 11.7 Å². The number of benzene rings is 3. The first kappa shape index (κ1) is 20.7. The van der Waals surface area contributed by atoms with Gasteiger partial charge in [-0.15, -0.1) is 0 Å². The van der Waals surface area contributed by atoms with Gasteiger partial charge in [0.05, 0.1) is 18.7 Å². The molecule has 1 heterocycles. The molecule has 1 atom stereocenters. The van der Waals surface area contributed by atoms with Gasteiger partial charge < -0.3 is 9.84 Å². The van der Waals surface area contributed by atoms with E-state index in [2.05, 4.69) is 0 Å². The number of anilines is 1. The lowest BCUT2D eigenvalue weighted by Crippen LogP contribution is -2.29. The molecular formula is C25H20ClNO4. The number of carbonyl (C=O) groups excluding carboxylic acids is 2. The Morgan fingerprint density at radius 1 is 1.00 bits per heavy atom. The second-order valence-electron chi connectivity index (χ2n) is 7.24. The summed E-state index contributed by atoms with van der Waals surface area (Å²) in [5, 5.41) is 11.5. The number of carbonyl (C=O) groups is 2. The van der Waals surface area contributed by atoms with Crippen molar-refractivity contribution in [3.63, 3.8) is 0 Å². The highest BCUT2D eigenvalue weighted by molar-refractivity contribution is 6.51. The van der Waals surface area contributed by atoms with E-state index >= 15 is 0 Å². The van der Waals surface area contributed by atoms with Crippen molar-refractivity contribution in [2.24, 2.45) is 0 Å². The molecule has 1 aliphatic heterocycles. The monoisotopic (exact) mass is 433 g/mol.